The molecule has 0 aromatic heterocycles. The maximum absolute atomic E-state index is 11.5. The summed E-state index contributed by atoms with van der Waals surface area (Å²) >= 11 is 3.52. The number of halogens is 1. The molecular weight excluding hydrogens is 316 g/mol. The van der Waals surface area contributed by atoms with Gasteiger partial charge in [0.1, 0.15) is 0 Å². The summed E-state index contributed by atoms with van der Waals surface area (Å²) in [7, 11) is 0. The van der Waals surface area contributed by atoms with Crippen LogP contribution in [0, 0.1) is 0 Å². The van der Waals surface area contributed by atoms with E-state index in [4.69, 9.17) is 0 Å². The van der Waals surface area contributed by atoms with Gasteiger partial charge < -0.3 is 10.6 Å². The van der Waals surface area contributed by atoms with Crippen molar-refractivity contribution >= 4 is 21.8 Å². The van der Waals surface area contributed by atoms with Gasteiger partial charge in [-0.2, -0.15) is 0 Å². The molecule has 1 atom stereocenters. The first-order valence-corrected chi connectivity index (χ1v) is 8.25. The van der Waals surface area contributed by atoms with Gasteiger partial charge in [0.2, 0.25) is 5.91 Å². The largest absolute Gasteiger partial charge is 0.356 e. The summed E-state index contributed by atoms with van der Waals surface area (Å²) in [6, 6.07) is 7.05. The maximum Gasteiger partial charge on any atom is 0.221 e. The average Bonchev–Trinajstić information content (AvgIpc) is 2.45. The SMILES string of the molecule is CCCNC(=O)CCNC1CCc2cc(Br)ccc2C1. The summed E-state index contributed by atoms with van der Waals surface area (Å²) in [5.41, 5.74) is 2.89. The zero-order valence-corrected chi connectivity index (χ0v) is 13.6. The summed E-state index contributed by atoms with van der Waals surface area (Å²) in [4.78, 5) is 11.5. The fraction of sp³-hybridized carbons (Fsp3) is 0.562. The van der Waals surface area contributed by atoms with Crippen molar-refractivity contribution in [2.24, 2.45) is 0 Å². The number of amides is 1. The van der Waals surface area contributed by atoms with Gasteiger partial charge in [0.05, 0.1) is 0 Å². The van der Waals surface area contributed by atoms with E-state index >= 15 is 0 Å². The fourth-order valence-electron chi connectivity index (χ4n) is 2.64. The van der Waals surface area contributed by atoms with E-state index in [-0.39, 0.29) is 5.91 Å². The van der Waals surface area contributed by atoms with Crippen LogP contribution in [0.1, 0.15) is 37.3 Å². The Labute approximate surface area is 129 Å². The van der Waals surface area contributed by atoms with Gasteiger partial charge in [-0.3, -0.25) is 4.79 Å². The van der Waals surface area contributed by atoms with Gasteiger partial charge in [-0.15, -0.1) is 0 Å². The van der Waals surface area contributed by atoms with E-state index in [2.05, 4.69) is 51.7 Å². The van der Waals surface area contributed by atoms with Gasteiger partial charge in [-0.05, 0) is 48.9 Å². The molecule has 0 aliphatic heterocycles. The Hall–Kier alpha value is -0.870. The van der Waals surface area contributed by atoms with Gasteiger partial charge in [-0.1, -0.05) is 28.9 Å². The molecule has 1 aromatic rings. The first-order valence-electron chi connectivity index (χ1n) is 7.46. The van der Waals surface area contributed by atoms with Crippen molar-refractivity contribution in [1.82, 2.24) is 10.6 Å². The summed E-state index contributed by atoms with van der Waals surface area (Å²) < 4.78 is 1.16. The molecule has 2 N–H and O–H groups in total. The Kier molecular flexibility index (Phi) is 6.05. The summed E-state index contributed by atoms with van der Waals surface area (Å²) in [5, 5.41) is 6.42. The van der Waals surface area contributed by atoms with Crippen molar-refractivity contribution in [3.05, 3.63) is 33.8 Å². The minimum absolute atomic E-state index is 0.152. The minimum atomic E-state index is 0.152. The van der Waals surface area contributed by atoms with Gasteiger partial charge >= 0.3 is 0 Å². The van der Waals surface area contributed by atoms with Gasteiger partial charge in [0.15, 0.2) is 0 Å². The molecule has 2 rings (SSSR count). The first-order chi connectivity index (χ1) is 9.69. The Balaban J connectivity index is 1.73. The lowest BCUT2D eigenvalue weighted by atomic mass is 9.88. The van der Waals surface area contributed by atoms with Crippen molar-refractivity contribution in [3.63, 3.8) is 0 Å². The zero-order chi connectivity index (χ0) is 14.4. The van der Waals surface area contributed by atoms with E-state index in [1.54, 1.807) is 0 Å². The lowest BCUT2D eigenvalue weighted by Crippen LogP contribution is -2.37. The quantitative estimate of drug-likeness (QED) is 0.837. The highest BCUT2D eigenvalue weighted by Crippen LogP contribution is 2.24. The Bertz CT molecular complexity index is 462. The van der Waals surface area contributed by atoms with E-state index in [1.807, 2.05) is 0 Å². The highest BCUT2D eigenvalue weighted by Gasteiger charge is 2.18. The van der Waals surface area contributed by atoms with Crippen LogP contribution in [0.2, 0.25) is 0 Å². The van der Waals surface area contributed by atoms with Crippen LogP contribution in [0.3, 0.4) is 0 Å². The molecule has 1 aliphatic carbocycles. The van der Waals surface area contributed by atoms with Crippen LogP contribution in [0.15, 0.2) is 22.7 Å². The number of carbonyl (C=O) groups is 1. The van der Waals surface area contributed by atoms with Crippen LogP contribution in [0.4, 0.5) is 0 Å². The molecule has 1 aliphatic rings. The number of fused-ring (bicyclic) bond motifs is 1. The predicted molar refractivity (Wildman–Crippen MR) is 85.9 cm³/mol. The molecule has 1 amide bonds. The average molecular weight is 339 g/mol. The second-order valence-electron chi connectivity index (χ2n) is 5.41. The predicted octanol–water partition coefficient (Wildman–Crippen LogP) is 2.81. The molecule has 0 saturated heterocycles. The molecule has 20 heavy (non-hydrogen) atoms. The highest BCUT2D eigenvalue weighted by molar-refractivity contribution is 9.10. The number of rotatable bonds is 6. The highest BCUT2D eigenvalue weighted by atomic mass is 79.9. The van der Waals surface area contributed by atoms with Crippen LogP contribution >= 0.6 is 15.9 Å². The number of carbonyl (C=O) groups excluding carboxylic acids is 1. The number of aryl methyl sites for hydroxylation is 1. The standard InChI is InChI=1S/C16H23BrN2O/c1-2-8-19-16(20)7-9-18-15-6-4-12-10-14(17)5-3-13(12)11-15/h3,5,10,15,18H,2,4,6-9,11H2,1H3,(H,19,20). The van der Waals surface area contributed by atoms with Gasteiger partial charge in [-0.25, -0.2) is 0 Å². The number of benzene rings is 1. The molecule has 0 spiro atoms. The number of nitrogens with one attached hydrogen (secondary N) is 2. The topological polar surface area (TPSA) is 41.1 Å². The molecule has 4 heteroatoms. The Morgan fingerprint density at radius 3 is 3.00 bits per heavy atom. The summed E-state index contributed by atoms with van der Waals surface area (Å²) in [5.74, 6) is 0.152. The molecule has 0 saturated carbocycles. The van der Waals surface area contributed by atoms with Crippen LogP contribution < -0.4 is 10.6 Å². The van der Waals surface area contributed by atoms with E-state index in [0.717, 1.165) is 43.2 Å². The lowest BCUT2D eigenvalue weighted by molar-refractivity contribution is -0.121. The lowest BCUT2D eigenvalue weighted by Gasteiger charge is -2.25. The van der Waals surface area contributed by atoms with Crippen LogP contribution in [-0.4, -0.2) is 25.0 Å². The zero-order valence-electron chi connectivity index (χ0n) is 12.0. The van der Waals surface area contributed by atoms with Crippen molar-refractivity contribution < 1.29 is 4.79 Å². The van der Waals surface area contributed by atoms with Crippen molar-refractivity contribution in [3.8, 4) is 0 Å². The molecule has 110 valence electrons. The Morgan fingerprint density at radius 1 is 1.35 bits per heavy atom. The molecule has 1 aromatic carbocycles. The second-order valence-corrected chi connectivity index (χ2v) is 6.32. The molecule has 0 fully saturated rings. The van der Waals surface area contributed by atoms with E-state index in [0.29, 0.717) is 12.5 Å². The van der Waals surface area contributed by atoms with Gasteiger partial charge in [0.25, 0.3) is 0 Å². The van der Waals surface area contributed by atoms with E-state index in [9.17, 15) is 4.79 Å². The smallest absolute Gasteiger partial charge is 0.221 e. The van der Waals surface area contributed by atoms with E-state index in [1.165, 1.54) is 11.1 Å². The van der Waals surface area contributed by atoms with Crippen molar-refractivity contribution in [2.45, 2.75) is 45.1 Å². The second kappa shape index (κ2) is 7.79. The fourth-order valence-corrected chi connectivity index (χ4v) is 3.05. The molecule has 0 bridgehead atoms. The molecular formula is C16H23BrN2O. The number of hydrogen-bond donors (Lipinski definition) is 2. The van der Waals surface area contributed by atoms with Crippen molar-refractivity contribution in [1.29, 1.82) is 0 Å². The third-order valence-corrected chi connectivity index (χ3v) is 4.25. The van der Waals surface area contributed by atoms with Crippen LogP contribution in [-0.2, 0) is 17.6 Å². The van der Waals surface area contributed by atoms with Crippen LogP contribution in [0.25, 0.3) is 0 Å². The minimum Gasteiger partial charge on any atom is -0.356 e. The van der Waals surface area contributed by atoms with E-state index < -0.39 is 0 Å². The molecule has 3 nitrogen and oxygen atoms in total. The third kappa shape index (κ3) is 4.60. The molecule has 0 radical (unpaired) electrons. The summed E-state index contributed by atoms with van der Waals surface area (Å²) in [6.07, 6.45) is 4.91. The number of hydrogen-bond acceptors (Lipinski definition) is 2. The van der Waals surface area contributed by atoms with Crippen molar-refractivity contribution in [2.75, 3.05) is 13.1 Å². The Morgan fingerprint density at radius 2 is 2.20 bits per heavy atom. The summed E-state index contributed by atoms with van der Waals surface area (Å²) in [6.45, 7) is 3.62. The molecule has 1 unspecified atom stereocenters. The monoisotopic (exact) mass is 338 g/mol. The third-order valence-electron chi connectivity index (χ3n) is 3.75. The maximum atomic E-state index is 11.5. The normalized spacial score (nSPS) is 17.6. The first kappa shape index (κ1) is 15.5. The van der Waals surface area contributed by atoms with Gasteiger partial charge in [0, 0.05) is 30.0 Å². The van der Waals surface area contributed by atoms with Crippen LogP contribution in [0.5, 0.6) is 0 Å². The molecule has 0 heterocycles.